The first-order valence-corrected chi connectivity index (χ1v) is 11.4. The molecule has 0 bridgehead atoms. The van der Waals surface area contributed by atoms with E-state index in [1.165, 1.54) is 25.3 Å². The van der Waals surface area contributed by atoms with Crippen molar-refractivity contribution in [2.24, 2.45) is 0 Å². The number of carbonyl (C=O) groups is 1. The van der Waals surface area contributed by atoms with Crippen molar-refractivity contribution in [2.75, 3.05) is 17.1 Å². The summed E-state index contributed by atoms with van der Waals surface area (Å²) in [6, 6.07) is 17.8. The van der Waals surface area contributed by atoms with E-state index in [0.717, 1.165) is 5.56 Å². The second-order valence-electron chi connectivity index (χ2n) is 7.21. The van der Waals surface area contributed by atoms with Crippen LogP contribution >= 0.6 is 11.6 Å². The molecule has 8 heteroatoms. The van der Waals surface area contributed by atoms with Crippen molar-refractivity contribution in [1.29, 1.82) is 0 Å². The highest BCUT2D eigenvalue weighted by molar-refractivity contribution is 7.92. The Bertz CT molecular complexity index is 1180. The molecule has 0 atom stereocenters. The van der Waals surface area contributed by atoms with Gasteiger partial charge in [0.1, 0.15) is 5.75 Å². The van der Waals surface area contributed by atoms with Gasteiger partial charge in [-0.05, 0) is 66.1 Å². The molecule has 0 spiro atoms. The number of amides is 1. The topological polar surface area (TPSA) is 84.5 Å². The lowest BCUT2D eigenvalue weighted by Crippen LogP contribution is -2.15. The summed E-state index contributed by atoms with van der Waals surface area (Å²) >= 11 is 5.86. The smallest absolute Gasteiger partial charge is 0.261 e. The lowest BCUT2D eigenvalue weighted by atomic mass is 10.0. The molecule has 0 unspecified atom stereocenters. The van der Waals surface area contributed by atoms with Crippen molar-refractivity contribution in [1.82, 2.24) is 0 Å². The van der Waals surface area contributed by atoms with Crippen LogP contribution in [0.1, 0.15) is 35.7 Å². The first-order valence-electron chi connectivity index (χ1n) is 9.57. The summed E-state index contributed by atoms with van der Waals surface area (Å²) in [6.07, 6.45) is 0. The van der Waals surface area contributed by atoms with Gasteiger partial charge in [0, 0.05) is 16.3 Å². The average Bonchev–Trinajstić information content (AvgIpc) is 2.74. The Labute approximate surface area is 187 Å². The first kappa shape index (κ1) is 22.7. The third-order valence-corrected chi connectivity index (χ3v) is 6.30. The number of anilines is 2. The van der Waals surface area contributed by atoms with Crippen molar-refractivity contribution >= 4 is 38.9 Å². The van der Waals surface area contributed by atoms with E-state index < -0.39 is 15.9 Å². The zero-order valence-electron chi connectivity index (χ0n) is 17.3. The van der Waals surface area contributed by atoms with Gasteiger partial charge in [-0.15, -0.1) is 0 Å². The molecule has 0 aliphatic carbocycles. The molecule has 31 heavy (non-hydrogen) atoms. The first-order chi connectivity index (χ1) is 14.7. The van der Waals surface area contributed by atoms with Gasteiger partial charge in [-0.3, -0.25) is 9.52 Å². The highest BCUT2D eigenvalue weighted by Crippen LogP contribution is 2.29. The quantitative estimate of drug-likeness (QED) is 0.487. The molecule has 0 aliphatic heterocycles. The normalized spacial score (nSPS) is 11.3. The van der Waals surface area contributed by atoms with Crippen LogP contribution in [0.2, 0.25) is 5.02 Å². The fourth-order valence-electron chi connectivity index (χ4n) is 2.90. The van der Waals surface area contributed by atoms with E-state index in [1.54, 1.807) is 36.4 Å². The second-order valence-corrected chi connectivity index (χ2v) is 9.32. The number of sulfonamides is 1. The minimum atomic E-state index is -3.87. The van der Waals surface area contributed by atoms with Crippen LogP contribution in [0, 0.1) is 0 Å². The van der Waals surface area contributed by atoms with E-state index in [4.69, 9.17) is 16.3 Å². The van der Waals surface area contributed by atoms with Crippen LogP contribution < -0.4 is 14.8 Å². The van der Waals surface area contributed by atoms with Gasteiger partial charge in [-0.2, -0.15) is 0 Å². The van der Waals surface area contributed by atoms with E-state index in [1.807, 2.05) is 12.1 Å². The van der Waals surface area contributed by atoms with Crippen molar-refractivity contribution < 1.29 is 17.9 Å². The van der Waals surface area contributed by atoms with Crippen molar-refractivity contribution in [2.45, 2.75) is 24.7 Å². The maximum atomic E-state index is 12.9. The van der Waals surface area contributed by atoms with Crippen LogP contribution in [0.15, 0.2) is 71.6 Å². The number of nitrogens with one attached hydrogen (secondary N) is 2. The number of carbonyl (C=O) groups excluding carboxylic acids is 1. The van der Waals surface area contributed by atoms with Crippen LogP contribution in [0.4, 0.5) is 11.4 Å². The molecule has 0 radical (unpaired) electrons. The molecule has 3 rings (SSSR count). The molecule has 2 N–H and O–H groups in total. The fourth-order valence-corrected chi connectivity index (χ4v) is 4.11. The zero-order valence-corrected chi connectivity index (χ0v) is 18.9. The Morgan fingerprint density at radius 1 is 0.968 bits per heavy atom. The summed E-state index contributed by atoms with van der Waals surface area (Å²) in [6.45, 7) is 4.13. The van der Waals surface area contributed by atoms with Gasteiger partial charge in [-0.25, -0.2) is 8.42 Å². The average molecular weight is 459 g/mol. The monoisotopic (exact) mass is 458 g/mol. The van der Waals surface area contributed by atoms with Gasteiger partial charge in [0.2, 0.25) is 0 Å². The molecule has 0 aliphatic rings. The second kappa shape index (κ2) is 9.41. The van der Waals surface area contributed by atoms with E-state index in [9.17, 15) is 13.2 Å². The highest BCUT2D eigenvalue weighted by Gasteiger charge is 2.18. The number of benzene rings is 3. The maximum absolute atomic E-state index is 12.9. The number of ether oxygens (including phenoxy) is 1. The summed E-state index contributed by atoms with van der Waals surface area (Å²) in [5, 5.41) is 3.20. The number of halogens is 1. The van der Waals surface area contributed by atoms with Crippen LogP contribution in [0.3, 0.4) is 0 Å². The Balaban J connectivity index is 1.85. The van der Waals surface area contributed by atoms with E-state index >= 15 is 0 Å². The summed E-state index contributed by atoms with van der Waals surface area (Å²) in [5.41, 5.74) is 2.18. The Morgan fingerprint density at radius 2 is 1.61 bits per heavy atom. The van der Waals surface area contributed by atoms with E-state index in [2.05, 4.69) is 23.9 Å². The fraction of sp³-hybridized carbons (Fsp3) is 0.174. The molecule has 6 nitrogen and oxygen atoms in total. The number of methoxy groups -OCH3 is 1. The molecule has 1 amide bonds. The molecule has 3 aromatic rings. The van der Waals surface area contributed by atoms with Gasteiger partial charge < -0.3 is 10.1 Å². The molecular weight excluding hydrogens is 436 g/mol. The highest BCUT2D eigenvalue weighted by atomic mass is 35.5. The van der Waals surface area contributed by atoms with Crippen molar-refractivity contribution in [3.05, 3.63) is 82.9 Å². The van der Waals surface area contributed by atoms with Gasteiger partial charge in [-0.1, -0.05) is 37.6 Å². The summed E-state index contributed by atoms with van der Waals surface area (Å²) < 4.78 is 33.6. The SMILES string of the molecule is COc1ccc(S(=O)(=O)Nc2ccc(C(C)C)cc2)cc1NC(=O)c1ccc(Cl)cc1. The van der Waals surface area contributed by atoms with E-state index in [0.29, 0.717) is 27.9 Å². The largest absolute Gasteiger partial charge is 0.495 e. The van der Waals surface area contributed by atoms with E-state index in [-0.39, 0.29) is 10.6 Å². The van der Waals surface area contributed by atoms with Crippen LogP contribution in [0.5, 0.6) is 5.75 Å². The third-order valence-electron chi connectivity index (χ3n) is 4.67. The molecular formula is C23H23ClN2O4S. The maximum Gasteiger partial charge on any atom is 0.261 e. The lowest BCUT2D eigenvalue weighted by Gasteiger charge is -2.14. The molecule has 0 fully saturated rings. The molecule has 0 aromatic heterocycles. The Kier molecular flexibility index (Phi) is 6.87. The van der Waals surface area contributed by atoms with Gasteiger partial charge in [0.15, 0.2) is 0 Å². The summed E-state index contributed by atoms with van der Waals surface area (Å²) in [4.78, 5) is 12.6. The standard InChI is InChI=1S/C23H23ClN2O4S/c1-15(2)16-6-10-19(11-7-16)26-31(28,29)20-12-13-22(30-3)21(14-20)25-23(27)17-4-8-18(24)9-5-17/h4-15,26H,1-3H3,(H,25,27). The van der Waals surface area contributed by atoms with Crippen molar-refractivity contribution in [3.63, 3.8) is 0 Å². The molecule has 0 heterocycles. The molecule has 3 aromatic carbocycles. The lowest BCUT2D eigenvalue weighted by molar-refractivity contribution is 0.102. The number of hydrogen-bond donors (Lipinski definition) is 2. The Morgan fingerprint density at radius 3 is 2.19 bits per heavy atom. The minimum absolute atomic E-state index is 0.00681. The Hall–Kier alpha value is -3.03. The van der Waals surface area contributed by atoms with Crippen LogP contribution in [-0.2, 0) is 10.0 Å². The predicted octanol–water partition coefficient (Wildman–Crippen LogP) is 5.53. The van der Waals surface area contributed by atoms with Crippen molar-refractivity contribution in [3.8, 4) is 5.75 Å². The predicted molar refractivity (Wildman–Crippen MR) is 124 cm³/mol. The molecule has 162 valence electrons. The summed E-state index contributed by atoms with van der Waals surface area (Å²) in [7, 11) is -2.43. The van der Waals surface area contributed by atoms with Gasteiger partial charge in [0.25, 0.3) is 15.9 Å². The van der Waals surface area contributed by atoms with Gasteiger partial charge >= 0.3 is 0 Å². The molecule has 0 saturated carbocycles. The molecule has 0 saturated heterocycles. The van der Waals surface area contributed by atoms with Crippen LogP contribution in [0.25, 0.3) is 0 Å². The summed E-state index contributed by atoms with van der Waals surface area (Å²) in [5.74, 6) is 0.267. The minimum Gasteiger partial charge on any atom is -0.495 e. The number of rotatable bonds is 7. The van der Waals surface area contributed by atoms with Gasteiger partial charge in [0.05, 0.1) is 17.7 Å². The third kappa shape index (κ3) is 5.57. The zero-order chi connectivity index (χ0) is 22.6. The number of hydrogen-bond acceptors (Lipinski definition) is 4. The van der Waals surface area contributed by atoms with Crippen LogP contribution in [-0.4, -0.2) is 21.4 Å².